The molecule has 0 spiro atoms. The van der Waals surface area contributed by atoms with Gasteiger partial charge in [-0.1, -0.05) is 89.0 Å². The van der Waals surface area contributed by atoms with E-state index in [1.54, 1.807) is 6.92 Å². The van der Waals surface area contributed by atoms with Crippen molar-refractivity contribution in [1.82, 2.24) is 5.32 Å². The van der Waals surface area contributed by atoms with Crippen molar-refractivity contribution in [3.05, 3.63) is 0 Å². The van der Waals surface area contributed by atoms with Gasteiger partial charge >= 0.3 is 0 Å². The van der Waals surface area contributed by atoms with Crippen molar-refractivity contribution in [3.63, 3.8) is 0 Å². The van der Waals surface area contributed by atoms with Crippen LogP contribution in [0.3, 0.4) is 0 Å². The zero-order chi connectivity index (χ0) is 26.0. The highest BCUT2D eigenvalue weighted by Gasteiger charge is 2.39. The third-order valence-corrected chi connectivity index (χ3v) is 6.52. The van der Waals surface area contributed by atoms with E-state index in [0.717, 1.165) is 31.1 Å². The van der Waals surface area contributed by atoms with E-state index in [1.165, 1.54) is 32.1 Å². The molecule has 2 rings (SSSR count). The first-order valence-corrected chi connectivity index (χ1v) is 13.6. The Kier molecular flexibility index (Phi) is 13.5. The molecule has 3 heteroatoms. The molecule has 3 nitrogen and oxygen atoms in total. The molecule has 0 aromatic heterocycles. The molecule has 0 bridgehead atoms. The Bertz CT molecular complexity index is 551. The van der Waals surface area contributed by atoms with Gasteiger partial charge in [0.25, 0.3) is 0 Å². The van der Waals surface area contributed by atoms with Gasteiger partial charge in [-0.3, -0.25) is 4.79 Å². The lowest BCUT2D eigenvalue weighted by atomic mass is 9.63. The van der Waals surface area contributed by atoms with Gasteiger partial charge in [-0.25, -0.2) is 0 Å². The lowest BCUT2D eigenvalue weighted by Crippen LogP contribution is -2.46. The minimum Gasteiger partial charge on any atom is -0.353 e. The minimum atomic E-state index is 0.255. The molecule has 0 aromatic rings. The smallest absolute Gasteiger partial charge is 0.220 e. The van der Waals surface area contributed by atoms with Crippen LogP contribution < -0.4 is 5.32 Å². The molecule has 2 aliphatic carbocycles. The van der Waals surface area contributed by atoms with Crippen LogP contribution in [0, 0.1) is 34.0 Å². The molecule has 2 fully saturated rings. The van der Waals surface area contributed by atoms with Crippen molar-refractivity contribution in [2.45, 2.75) is 147 Å². The summed E-state index contributed by atoms with van der Waals surface area (Å²) in [6.45, 7) is 26.3. The second-order valence-electron chi connectivity index (χ2n) is 14.6. The van der Waals surface area contributed by atoms with E-state index in [0.29, 0.717) is 40.5 Å². The highest BCUT2D eigenvalue weighted by Crippen LogP contribution is 2.45. The maximum absolute atomic E-state index is 12.6. The van der Waals surface area contributed by atoms with Gasteiger partial charge in [-0.2, -0.15) is 0 Å². The Morgan fingerprint density at radius 3 is 1.58 bits per heavy atom. The van der Waals surface area contributed by atoms with Crippen LogP contribution in [-0.2, 0) is 9.59 Å². The first kappa shape index (κ1) is 32.1. The number of Topliss-reactive ketones (excluding diaryl/α,β-unsaturated/α-hetero) is 1. The van der Waals surface area contributed by atoms with E-state index in [9.17, 15) is 9.59 Å². The molecular weight excluding hydrogens is 406 g/mol. The van der Waals surface area contributed by atoms with Gasteiger partial charge in [0.1, 0.15) is 5.78 Å². The van der Waals surface area contributed by atoms with Crippen molar-refractivity contribution < 1.29 is 9.59 Å². The molecule has 0 aromatic carbocycles. The number of nitrogens with one attached hydrogen (secondary N) is 1. The van der Waals surface area contributed by atoms with Gasteiger partial charge in [0.2, 0.25) is 5.91 Å². The van der Waals surface area contributed by atoms with Gasteiger partial charge in [0.05, 0.1) is 0 Å². The fourth-order valence-electron chi connectivity index (χ4n) is 5.70. The van der Waals surface area contributed by atoms with Crippen molar-refractivity contribution in [3.8, 4) is 0 Å². The summed E-state index contributed by atoms with van der Waals surface area (Å²) in [4.78, 5) is 22.4. The Morgan fingerprint density at radius 2 is 1.24 bits per heavy atom. The van der Waals surface area contributed by atoms with Gasteiger partial charge in [0.15, 0.2) is 0 Å². The molecule has 3 atom stereocenters. The largest absolute Gasteiger partial charge is 0.353 e. The number of carbonyl (C=O) groups excluding carboxylic acids is 2. The number of amides is 1. The summed E-state index contributed by atoms with van der Waals surface area (Å²) >= 11 is 0. The number of rotatable bonds is 4. The predicted octanol–water partition coefficient (Wildman–Crippen LogP) is 8.60. The maximum atomic E-state index is 12.6. The van der Waals surface area contributed by atoms with Crippen molar-refractivity contribution in [1.29, 1.82) is 0 Å². The van der Waals surface area contributed by atoms with Crippen LogP contribution >= 0.6 is 0 Å². The molecule has 196 valence electrons. The fourth-order valence-corrected chi connectivity index (χ4v) is 5.70. The van der Waals surface area contributed by atoms with E-state index in [-0.39, 0.29) is 5.78 Å². The number of ketones is 1. The molecule has 2 unspecified atom stereocenters. The topological polar surface area (TPSA) is 46.2 Å². The Morgan fingerprint density at radius 1 is 0.879 bits per heavy atom. The highest BCUT2D eigenvalue weighted by molar-refractivity contribution is 5.76. The molecule has 0 aliphatic heterocycles. The summed E-state index contributed by atoms with van der Waals surface area (Å²) in [5.41, 5.74) is 1.18. The van der Waals surface area contributed by atoms with E-state index in [2.05, 4.69) is 74.6 Å². The summed E-state index contributed by atoms with van der Waals surface area (Å²) in [5.74, 6) is 2.71. The van der Waals surface area contributed by atoms with Gasteiger partial charge in [-0.15, -0.1) is 0 Å². The molecule has 2 saturated carbocycles. The van der Waals surface area contributed by atoms with Gasteiger partial charge in [0, 0.05) is 18.9 Å². The van der Waals surface area contributed by atoms with Crippen LogP contribution in [-0.4, -0.2) is 17.7 Å². The van der Waals surface area contributed by atoms with Crippen LogP contribution in [0.25, 0.3) is 0 Å². The molecule has 1 N–H and O–H groups in total. The molecule has 1 amide bonds. The third kappa shape index (κ3) is 18.2. The lowest BCUT2D eigenvalue weighted by Gasteiger charge is -2.45. The van der Waals surface area contributed by atoms with E-state index in [1.807, 2.05) is 6.92 Å². The highest BCUT2D eigenvalue weighted by atomic mass is 16.1. The Balaban J connectivity index is 0.000000859. The number of hydrogen-bond acceptors (Lipinski definition) is 2. The summed E-state index contributed by atoms with van der Waals surface area (Å²) in [5, 5.41) is 3.39. The first-order valence-electron chi connectivity index (χ1n) is 13.6. The molecule has 0 saturated heterocycles. The van der Waals surface area contributed by atoms with Crippen molar-refractivity contribution >= 4 is 11.7 Å². The maximum Gasteiger partial charge on any atom is 0.220 e. The van der Waals surface area contributed by atoms with Gasteiger partial charge < -0.3 is 10.1 Å². The third-order valence-electron chi connectivity index (χ3n) is 6.52. The fraction of sp³-hybridized carbons (Fsp3) is 0.933. The Labute approximate surface area is 207 Å². The predicted molar refractivity (Wildman–Crippen MR) is 144 cm³/mol. The molecule has 2 aliphatic rings. The average molecular weight is 466 g/mol. The monoisotopic (exact) mass is 465 g/mol. The lowest BCUT2D eigenvalue weighted by molar-refractivity contribution is -0.123. The summed E-state index contributed by atoms with van der Waals surface area (Å²) in [6.07, 6.45) is 10.1. The molecule has 0 heterocycles. The quantitative estimate of drug-likeness (QED) is 0.422. The Hall–Kier alpha value is -0.860. The molecule has 33 heavy (non-hydrogen) atoms. The van der Waals surface area contributed by atoms with Crippen LogP contribution in [0.15, 0.2) is 0 Å². The summed E-state index contributed by atoms with van der Waals surface area (Å²) < 4.78 is 0. The number of carbonyl (C=O) groups is 2. The van der Waals surface area contributed by atoms with Gasteiger partial charge in [-0.05, 0) is 73.0 Å². The van der Waals surface area contributed by atoms with Crippen LogP contribution in [0.2, 0.25) is 0 Å². The summed E-state index contributed by atoms with van der Waals surface area (Å²) in [6, 6.07) is 0.363. The minimum absolute atomic E-state index is 0.255. The zero-order valence-corrected chi connectivity index (χ0v) is 24.5. The standard InChI is InChI=1S/C21H39NO.C5H12.C4H8O/c1-15-7-8-16(2)10-17(9-15)11-19(23)22-18-12-20(3,4)14-21(5,6)13-18;1-5(2,3)4;1-3-4(2)5/h15-18H,7-14H2,1-6H3,(H,22,23);1-4H3;3H2,1-2H3/t15-,16?,17?;;/m0../s1. The summed E-state index contributed by atoms with van der Waals surface area (Å²) in [7, 11) is 0. The van der Waals surface area contributed by atoms with E-state index < -0.39 is 0 Å². The number of hydrogen-bond donors (Lipinski definition) is 1. The average Bonchev–Trinajstić information content (AvgIpc) is 2.71. The normalized spacial score (nSPS) is 27.1. The van der Waals surface area contributed by atoms with E-state index in [4.69, 9.17) is 0 Å². The van der Waals surface area contributed by atoms with Crippen molar-refractivity contribution in [2.24, 2.45) is 34.0 Å². The van der Waals surface area contributed by atoms with Crippen molar-refractivity contribution in [2.75, 3.05) is 0 Å². The molecular formula is C30H59NO2. The van der Waals surface area contributed by atoms with E-state index >= 15 is 0 Å². The SMILES string of the molecule is CC(C)(C)C.CC1CC[C@H](C)CC(CC(=O)NC2CC(C)(C)CC(C)(C)C2)C1.CCC(C)=O. The second-order valence-corrected chi connectivity index (χ2v) is 14.6. The van der Waals surface area contributed by atoms with Crippen LogP contribution in [0.1, 0.15) is 141 Å². The second kappa shape index (κ2) is 13.9. The van der Waals surface area contributed by atoms with Crippen LogP contribution in [0.5, 0.6) is 0 Å². The van der Waals surface area contributed by atoms with Crippen LogP contribution in [0.4, 0.5) is 0 Å². The zero-order valence-electron chi connectivity index (χ0n) is 24.5. The molecule has 0 radical (unpaired) electrons. The first-order chi connectivity index (χ1) is 14.8.